The van der Waals surface area contributed by atoms with Crippen LogP contribution in [-0.4, -0.2) is 5.78 Å². The lowest BCUT2D eigenvalue weighted by molar-refractivity contribution is 0.0981. The minimum atomic E-state index is 0.299. The lowest BCUT2D eigenvalue weighted by Crippen LogP contribution is -1.97. The Morgan fingerprint density at radius 2 is 1.81 bits per heavy atom. The summed E-state index contributed by atoms with van der Waals surface area (Å²) in [6, 6.07) is 6.08. The maximum absolute atomic E-state index is 12.4. The molecule has 3 heteroatoms. The van der Waals surface area contributed by atoms with Gasteiger partial charge in [-0.2, -0.15) is 0 Å². The number of hydrogen-bond donors (Lipinski definition) is 0. The highest BCUT2D eigenvalue weighted by atomic mass is 79.9. The van der Waals surface area contributed by atoms with E-state index in [1.807, 2.05) is 17.5 Å². The Morgan fingerprint density at radius 1 is 1.10 bits per heavy atom. The van der Waals surface area contributed by atoms with Crippen LogP contribution in [0.5, 0.6) is 0 Å². The van der Waals surface area contributed by atoms with Gasteiger partial charge in [-0.05, 0) is 28.4 Å². The molecule has 1 nitrogen and oxygen atoms in total. The average molecular weight is 367 g/mol. The standard InChI is InChI=1S/C18H23BrOS/c1-2-3-4-5-6-7-8-12-17(20)15-13-21-18-14(15)10-9-11-16(18)19/h9-11,13H,2-8,12H2,1H3. The lowest BCUT2D eigenvalue weighted by atomic mass is 10.0. The fourth-order valence-electron chi connectivity index (χ4n) is 2.62. The molecule has 2 aromatic rings. The molecule has 0 spiro atoms. The molecule has 0 radical (unpaired) electrons. The topological polar surface area (TPSA) is 17.1 Å². The summed E-state index contributed by atoms with van der Waals surface area (Å²) >= 11 is 5.21. The molecule has 0 saturated carbocycles. The van der Waals surface area contributed by atoms with E-state index in [1.165, 1.54) is 43.2 Å². The first-order chi connectivity index (χ1) is 10.2. The lowest BCUT2D eigenvalue weighted by Gasteiger charge is -2.02. The molecule has 1 aromatic heterocycles. The molecule has 2 rings (SSSR count). The number of hydrogen-bond acceptors (Lipinski definition) is 2. The predicted molar refractivity (Wildman–Crippen MR) is 96.5 cm³/mol. The summed E-state index contributed by atoms with van der Waals surface area (Å²) in [5.74, 6) is 0.299. The molecule has 1 heterocycles. The third-order valence-electron chi connectivity index (χ3n) is 3.86. The number of rotatable bonds is 9. The second kappa shape index (κ2) is 8.70. The third kappa shape index (κ3) is 4.65. The molecule has 0 atom stereocenters. The molecular weight excluding hydrogens is 344 g/mol. The van der Waals surface area contributed by atoms with Gasteiger partial charge in [0.25, 0.3) is 0 Å². The summed E-state index contributed by atoms with van der Waals surface area (Å²) in [6.45, 7) is 2.24. The largest absolute Gasteiger partial charge is 0.294 e. The Labute approximate surface area is 139 Å². The van der Waals surface area contributed by atoms with Crippen molar-refractivity contribution in [2.75, 3.05) is 0 Å². The second-order valence-electron chi connectivity index (χ2n) is 5.56. The summed E-state index contributed by atoms with van der Waals surface area (Å²) in [5.41, 5.74) is 0.905. The minimum Gasteiger partial charge on any atom is -0.294 e. The molecule has 0 unspecified atom stereocenters. The van der Waals surface area contributed by atoms with Gasteiger partial charge >= 0.3 is 0 Å². The van der Waals surface area contributed by atoms with Crippen molar-refractivity contribution in [1.82, 2.24) is 0 Å². The molecule has 0 amide bonds. The van der Waals surface area contributed by atoms with Crippen LogP contribution in [0.25, 0.3) is 10.1 Å². The first kappa shape index (κ1) is 16.7. The van der Waals surface area contributed by atoms with Crippen molar-refractivity contribution >= 4 is 43.1 Å². The fraction of sp³-hybridized carbons (Fsp3) is 0.500. The number of carbonyl (C=O) groups is 1. The van der Waals surface area contributed by atoms with Crippen LogP contribution in [0.1, 0.15) is 68.6 Å². The van der Waals surface area contributed by atoms with Crippen LogP contribution in [-0.2, 0) is 0 Å². The van der Waals surface area contributed by atoms with Crippen LogP contribution in [0.3, 0.4) is 0 Å². The molecule has 1 aromatic carbocycles. The molecule has 0 aliphatic rings. The highest BCUT2D eigenvalue weighted by Crippen LogP contribution is 2.33. The molecular formula is C18H23BrOS. The highest BCUT2D eigenvalue weighted by molar-refractivity contribution is 9.10. The highest BCUT2D eigenvalue weighted by Gasteiger charge is 2.13. The number of carbonyl (C=O) groups excluding carboxylic acids is 1. The van der Waals surface area contributed by atoms with E-state index in [4.69, 9.17) is 0 Å². The van der Waals surface area contributed by atoms with Gasteiger partial charge in [-0.1, -0.05) is 57.6 Å². The molecule has 0 aliphatic carbocycles. The smallest absolute Gasteiger partial charge is 0.164 e. The normalized spacial score (nSPS) is 11.1. The van der Waals surface area contributed by atoms with Crippen molar-refractivity contribution in [1.29, 1.82) is 0 Å². The summed E-state index contributed by atoms with van der Waals surface area (Å²) in [7, 11) is 0. The van der Waals surface area contributed by atoms with Crippen molar-refractivity contribution in [3.05, 3.63) is 33.6 Å². The van der Waals surface area contributed by atoms with E-state index in [0.717, 1.165) is 21.8 Å². The number of fused-ring (bicyclic) bond motifs is 1. The maximum Gasteiger partial charge on any atom is 0.164 e. The van der Waals surface area contributed by atoms with E-state index in [-0.39, 0.29) is 0 Å². The average Bonchev–Trinajstić information content (AvgIpc) is 2.91. The zero-order valence-corrected chi connectivity index (χ0v) is 15.1. The van der Waals surface area contributed by atoms with E-state index in [0.29, 0.717) is 12.2 Å². The van der Waals surface area contributed by atoms with E-state index < -0.39 is 0 Å². The molecule has 0 bridgehead atoms. The minimum absolute atomic E-state index is 0.299. The summed E-state index contributed by atoms with van der Waals surface area (Å²) in [4.78, 5) is 12.4. The van der Waals surface area contributed by atoms with Crippen LogP contribution in [0.2, 0.25) is 0 Å². The molecule has 0 N–H and O–H groups in total. The molecule has 114 valence electrons. The third-order valence-corrected chi connectivity index (χ3v) is 5.81. The number of ketones is 1. The van der Waals surface area contributed by atoms with Gasteiger partial charge in [-0.3, -0.25) is 4.79 Å². The molecule has 0 aliphatic heterocycles. The first-order valence-corrected chi connectivity index (χ1v) is 9.60. The van der Waals surface area contributed by atoms with Gasteiger partial charge in [-0.15, -0.1) is 11.3 Å². The van der Waals surface area contributed by atoms with Crippen molar-refractivity contribution in [3.63, 3.8) is 0 Å². The van der Waals surface area contributed by atoms with Crippen molar-refractivity contribution in [2.24, 2.45) is 0 Å². The van der Waals surface area contributed by atoms with Gasteiger partial charge in [0.15, 0.2) is 5.78 Å². The van der Waals surface area contributed by atoms with Gasteiger partial charge < -0.3 is 0 Å². The van der Waals surface area contributed by atoms with E-state index >= 15 is 0 Å². The SMILES string of the molecule is CCCCCCCCCC(=O)c1csc2c(Br)cccc12. The second-order valence-corrected chi connectivity index (χ2v) is 7.29. The van der Waals surface area contributed by atoms with Crippen molar-refractivity contribution in [3.8, 4) is 0 Å². The van der Waals surface area contributed by atoms with E-state index in [1.54, 1.807) is 11.3 Å². The monoisotopic (exact) mass is 366 g/mol. The zero-order valence-electron chi connectivity index (χ0n) is 12.7. The fourth-order valence-corrected chi connectivity index (χ4v) is 4.24. The van der Waals surface area contributed by atoms with Crippen LogP contribution in [0, 0.1) is 0 Å². The van der Waals surface area contributed by atoms with Crippen LogP contribution < -0.4 is 0 Å². The Bertz CT molecular complexity index is 588. The Hall–Kier alpha value is -0.670. The van der Waals surface area contributed by atoms with Crippen LogP contribution in [0.15, 0.2) is 28.1 Å². The molecule has 0 fully saturated rings. The van der Waals surface area contributed by atoms with Gasteiger partial charge in [-0.25, -0.2) is 0 Å². The van der Waals surface area contributed by atoms with Crippen LogP contribution >= 0.6 is 27.3 Å². The van der Waals surface area contributed by atoms with E-state index in [9.17, 15) is 4.79 Å². The number of unbranched alkanes of at least 4 members (excludes halogenated alkanes) is 6. The van der Waals surface area contributed by atoms with Gasteiger partial charge in [0.2, 0.25) is 0 Å². The quantitative estimate of drug-likeness (QED) is 0.345. The number of Topliss-reactive ketones (excluding diaryl/α,β-unsaturated/α-hetero) is 1. The van der Waals surface area contributed by atoms with Crippen molar-refractivity contribution < 1.29 is 4.79 Å². The Morgan fingerprint density at radius 3 is 2.57 bits per heavy atom. The van der Waals surface area contributed by atoms with E-state index in [2.05, 4.69) is 28.9 Å². The maximum atomic E-state index is 12.4. The van der Waals surface area contributed by atoms with Gasteiger partial charge in [0, 0.05) is 31.9 Å². The molecule has 0 saturated heterocycles. The van der Waals surface area contributed by atoms with Gasteiger partial charge in [0.05, 0.1) is 0 Å². The predicted octanol–water partition coefficient (Wildman–Crippen LogP) is 6.99. The summed E-state index contributed by atoms with van der Waals surface area (Å²) in [6.07, 6.45) is 9.45. The Kier molecular flexibility index (Phi) is 6.91. The van der Waals surface area contributed by atoms with Gasteiger partial charge in [0.1, 0.15) is 0 Å². The summed E-state index contributed by atoms with van der Waals surface area (Å²) in [5, 5.41) is 3.11. The zero-order chi connectivity index (χ0) is 15.1. The summed E-state index contributed by atoms with van der Waals surface area (Å²) < 4.78 is 2.26. The number of halogens is 1. The van der Waals surface area contributed by atoms with Crippen molar-refractivity contribution in [2.45, 2.75) is 58.3 Å². The number of benzene rings is 1. The first-order valence-electron chi connectivity index (χ1n) is 7.93. The van der Waals surface area contributed by atoms with Crippen LogP contribution in [0.4, 0.5) is 0 Å². The Balaban J connectivity index is 1.81. The number of thiophene rings is 1. The molecule has 21 heavy (non-hydrogen) atoms.